The van der Waals surface area contributed by atoms with Gasteiger partial charge in [0.1, 0.15) is 58.3 Å². The number of hydrogen-bond acceptors (Lipinski definition) is 12. The van der Waals surface area contributed by atoms with Crippen molar-refractivity contribution >= 4 is 49.2 Å². The van der Waals surface area contributed by atoms with E-state index in [9.17, 15) is 10.1 Å². The minimum absolute atomic E-state index is 0.0314. The van der Waals surface area contributed by atoms with Crippen LogP contribution in [0.5, 0.6) is 11.8 Å². The number of nitrogen functional groups attached to an aromatic ring is 1. The molecule has 0 spiro atoms. The van der Waals surface area contributed by atoms with Crippen LogP contribution < -0.4 is 20.1 Å². The fourth-order valence-electron chi connectivity index (χ4n) is 9.64. The normalized spacial score (nSPS) is 23.6. The highest BCUT2D eigenvalue weighted by atomic mass is 32.1. The first-order valence-electron chi connectivity index (χ1n) is 19.2. The quantitative estimate of drug-likeness (QED) is 0.184. The van der Waals surface area contributed by atoms with Gasteiger partial charge in [-0.2, -0.15) is 33.1 Å². The van der Waals surface area contributed by atoms with Crippen molar-refractivity contribution < 1.29 is 36.2 Å². The molecule has 9 rings (SSSR count). The predicted molar refractivity (Wildman–Crippen MR) is 205 cm³/mol. The Hall–Kier alpha value is -5.35. The van der Waals surface area contributed by atoms with E-state index in [4.69, 9.17) is 20.2 Å². The molecule has 3 fully saturated rings. The molecule has 1 unspecified atom stereocenters. The molecule has 4 aliphatic rings. The Bertz CT molecular complexity index is 2540. The van der Waals surface area contributed by atoms with Gasteiger partial charge in [0.05, 0.1) is 33.3 Å². The molecule has 3 aromatic heterocycles. The molecule has 5 aromatic rings. The van der Waals surface area contributed by atoms with Crippen molar-refractivity contribution in [2.24, 2.45) is 5.92 Å². The number of aryl methyl sites for hydroxylation is 1. The van der Waals surface area contributed by atoms with Crippen LogP contribution in [-0.4, -0.2) is 97.6 Å². The number of hydrogen-bond donors (Lipinski definition) is 1. The van der Waals surface area contributed by atoms with Gasteiger partial charge in [-0.05, 0) is 63.6 Å². The standard InChI is InChI=1S/C39H39F5N10O3S/c1-19-13-38(8-4-10-52(38)15-19)17-56-36-48-31-28-32(29(39(42,43)44)27(30(31)41)23-6-7-25(40)33-26(23)24(14-45)34(46)58-33)57-20(2)12-22-16-51(9-5-11-53(22)35(28)49-36)37(55)54-18-47-21(3)50-54/h6-7,18-20,22H,4-5,8-13,15-17,46H2,1-3H3/t19-,20?,22+,38+/m1/s1. The van der Waals surface area contributed by atoms with Crippen LogP contribution in [0.15, 0.2) is 18.5 Å². The maximum absolute atomic E-state index is 17.7. The Morgan fingerprint density at radius 2 is 1.95 bits per heavy atom. The number of thiophene rings is 1. The van der Waals surface area contributed by atoms with Gasteiger partial charge < -0.3 is 25.0 Å². The van der Waals surface area contributed by atoms with E-state index in [2.05, 4.69) is 26.9 Å². The van der Waals surface area contributed by atoms with Crippen LogP contribution in [0.3, 0.4) is 0 Å². The van der Waals surface area contributed by atoms with E-state index in [1.807, 2.05) is 6.07 Å². The van der Waals surface area contributed by atoms with Gasteiger partial charge in [0.25, 0.3) is 0 Å². The zero-order valence-electron chi connectivity index (χ0n) is 31.9. The summed E-state index contributed by atoms with van der Waals surface area (Å²) in [5.74, 6) is -2.11. The van der Waals surface area contributed by atoms with Gasteiger partial charge in [0.2, 0.25) is 0 Å². The van der Waals surface area contributed by atoms with E-state index in [0.717, 1.165) is 49.2 Å². The molecule has 19 heteroatoms. The Kier molecular flexibility index (Phi) is 9.15. The van der Waals surface area contributed by atoms with Crippen molar-refractivity contribution in [1.29, 1.82) is 5.26 Å². The molecule has 2 N–H and O–H groups in total. The topological polar surface area (TPSA) is 152 Å². The van der Waals surface area contributed by atoms with Crippen LogP contribution in [-0.2, 0) is 6.18 Å². The van der Waals surface area contributed by atoms with E-state index in [1.165, 1.54) is 6.33 Å². The molecular formula is C39H39F5N10O3S. The van der Waals surface area contributed by atoms with Crippen LogP contribution >= 0.6 is 11.3 Å². The SMILES string of the molecule is Cc1ncn(C(=O)N2CCCN3c4nc(OC[C@@]56CCCN5C[C@H](C)C6)nc5c(F)c(-c6ccc(F)c7sc(N)c(C#N)c67)c(C(F)(F)F)c(c45)OC(C)C[C@H]3C2)n1. The van der Waals surface area contributed by atoms with Crippen LogP contribution in [0.2, 0.25) is 0 Å². The van der Waals surface area contributed by atoms with Crippen LogP contribution in [0, 0.1) is 35.8 Å². The zero-order chi connectivity index (χ0) is 40.8. The van der Waals surface area contributed by atoms with Gasteiger partial charge >= 0.3 is 18.2 Å². The van der Waals surface area contributed by atoms with E-state index < -0.39 is 63.9 Å². The van der Waals surface area contributed by atoms with E-state index in [0.29, 0.717) is 29.5 Å². The summed E-state index contributed by atoms with van der Waals surface area (Å²) < 4.78 is 93.8. The monoisotopic (exact) mass is 822 g/mol. The lowest BCUT2D eigenvalue weighted by Crippen LogP contribution is -2.47. The zero-order valence-corrected chi connectivity index (χ0v) is 32.7. The number of ether oxygens (including phenoxy) is 2. The fraction of sp³-hybridized carbons (Fsp3) is 0.487. The summed E-state index contributed by atoms with van der Waals surface area (Å²) in [5, 5.41) is 13.5. The molecule has 58 heavy (non-hydrogen) atoms. The second-order valence-electron chi connectivity index (χ2n) is 15.9. The lowest BCUT2D eigenvalue weighted by molar-refractivity contribution is -0.138. The highest BCUT2D eigenvalue weighted by Crippen LogP contribution is 2.54. The highest BCUT2D eigenvalue weighted by Gasteiger charge is 2.49. The number of benzene rings is 2. The summed E-state index contributed by atoms with van der Waals surface area (Å²) in [6.07, 6.45) is -1.58. The number of fused-ring (bicyclic) bond motifs is 4. The van der Waals surface area contributed by atoms with Crippen molar-refractivity contribution in [1.82, 2.24) is 34.5 Å². The van der Waals surface area contributed by atoms with Crippen molar-refractivity contribution in [2.45, 2.75) is 76.7 Å². The Labute approximate surface area is 333 Å². The highest BCUT2D eigenvalue weighted by molar-refractivity contribution is 7.23. The molecule has 13 nitrogen and oxygen atoms in total. The summed E-state index contributed by atoms with van der Waals surface area (Å²) in [6.45, 7) is 8.05. The molecule has 0 aliphatic carbocycles. The lowest BCUT2D eigenvalue weighted by Gasteiger charge is -2.38. The van der Waals surface area contributed by atoms with Gasteiger partial charge in [-0.25, -0.2) is 18.6 Å². The first-order valence-corrected chi connectivity index (χ1v) is 20.0. The molecule has 0 saturated carbocycles. The number of nitriles is 1. The molecule has 4 atom stereocenters. The first-order chi connectivity index (χ1) is 27.7. The third-order valence-electron chi connectivity index (χ3n) is 11.9. The van der Waals surface area contributed by atoms with Crippen molar-refractivity contribution in [3.63, 3.8) is 0 Å². The van der Waals surface area contributed by atoms with E-state index >= 15 is 22.0 Å². The number of aromatic nitrogens is 5. The van der Waals surface area contributed by atoms with Crippen LogP contribution in [0.4, 0.5) is 37.6 Å². The number of carbonyl (C=O) groups excluding carboxylic acids is 1. The number of nitrogens with two attached hydrogens (primary N) is 1. The second kappa shape index (κ2) is 13.9. The number of nitrogens with zero attached hydrogens (tertiary/aromatic N) is 9. The second-order valence-corrected chi connectivity index (χ2v) is 17.0. The van der Waals surface area contributed by atoms with Crippen molar-refractivity contribution in [3.8, 4) is 29.0 Å². The average Bonchev–Trinajstić information content (AvgIpc) is 3.90. The predicted octanol–water partition coefficient (Wildman–Crippen LogP) is 7.14. The number of amides is 1. The summed E-state index contributed by atoms with van der Waals surface area (Å²) in [6, 6.07) is 2.61. The minimum Gasteiger partial charge on any atom is -0.489 e. The third kappa shape index (κ3) is 6.14. The molecule has 0 bridgehead atoms. The number of anilines is 2. The lowest BCUT2D eigenvalue weighted by atomic mass is 9.91. The molecule has 3 saturated heterocycles. The first kappa shape index (κ1) is 38.2. The maximum Gasteiger partial charge on any atom is 0.420 e. The molecule has 0 radical (unpaired) electrons. The largest absolute Gasteiger partial charge is 0.489 e. The maximum atomic E-state index is 17.7. The fourth-order valence-corrected chi connectivity index (χ4v) is 10.6. The van der Waals surface area contributed by atoms with Gasteiger partial charge in [-0.15, -0.1) is 16.4 Å². The molecule has 2 aromatic carbocycles. The minimum atomic E-state index is -5.23. The molecule has 4 aliphatic heterocycles. The van der Waals surface area contributed by atoms with Crippen LogP contribution in [0.25, 0.3) is 32.1 Å². The molecular weight excluding hydrogens is 784 g/mol. The van der Waals surface area contributed by atoms with Gasteiger partial charge in [-0.1, -0.05) is 13.0 Å². The summed E-state index contributed by atoms with van der Waals surface area (Å²) >= 11 is 0.688. The Morgan fingerprint density at radius 3 is 2.69 bits per heavy atom. The molecule has 1 amide bonds. The van der Waals surface area contributed by atoms with E-state index in [1.54, 1.807) is 23.6 Å². The average molecular weight is 823 g/mol. The smallest absolute Gasteiger partial charge is 0.420 e. The Balaban J connectivity index is 1.28. The molecule has 304 valence electrons. The van der Waals surface area contributed by atoms with Gasteiger partial charge in [0, 0.05) is 43.5 Å². The molecule has 7 heterocycles. The Morgan fingerprint density at radius 1 is 1.14 bits per heavy atom. The number of alkyl halides is 3. The summed E-state index contributed by atoms with van der Waals surface area (Å²) in [5.41, 5.74) is 2.18. The van der Waals surface area contributed by atoms with Gasteiger partial charge in [-0.3, -0.25) is 4.90 Å². The van der Waals surface area contributed by atoms with Gasteiger partial charge in [0.15, 0.2) is 5.82 Å². The number of carbonyl (C=O) groups is 1. The van der Waals surface area contributed by atoms with E-state index in [-0.39, 0.29) is 76.1 Å². The summed E-state index contributed by atoms with van der Waals surface area (Å²) in [7, 11) is 0. The van der Waals surface area contributed by atoms with Crippen LogP contribution in [0.1, 0.15) is 62.9 Å². The number of rotatable bonds is 4. The number of halogens is 5. The summed E-state index contributed by atoms with van der Waals surface area (Å²) in [4.78, 5) is 32.8. The van der Waals surface area contributed by atoms with Crippen molar-refractivity contribution in [2.75, 3.05) is 50.0 Å². The third-order valence-corrected chi connectivity index (χ3v) is 12.9. The van der Waals surface area contributed by atoms with Crippen molar-refractivity contribution in [3.05, 3.63) is 47.0 Å².